The molecule has 4 rings (SSSR count). The molecule has 2 aliphatic heterocycles. The van der Waals surface area contributed by atoms with Gasteiger partial charge in [0.1, 0.15) is 0 Å². The zero-order chi connectivity index (χ0) is 21.6. The smallest absolute Gasteiger partial charge is 0.261 e. The van der Waals surface area contributed by atoms with Gasteiger partial charge in [-0.15, -0.1) is 11.3 Å². The van der Waals surface area contributed by atoms with Crippen molar-refractivity contribution < 1.29 is 9.59 Å². The molecule has 1 aromatic heterocycles. The minimum Gasteiger partial charge on any atom is -0.349 e. The van der Waals surface area contributed by atoms with Gasteiger partial charge in [-0.3, -0.25) is 19.4 Å². The van der Waals surface area contributed by atoms with Crippen molar-refractivity contribution in [3.05, 3.63) is 58.3 Å². The molecular formula is C24H32N4O2S. The van der Waals surface area contributed by atoms with E-state index in [2.05, 4.69) is 39.4 Å². The molecular weight excluding hydrogens is 408 g/mol. The molecule has 166 valence electrons. The number of nitrogens with one attached hydrogen (secondary N) is 1. The van der Waals surface area contributed by atoms with Crippen LogP contribution < -0.4 is 5.32 Å². The fourth-order valence-electron chi connectivity index (χ4n) is 4.48. The topological polar surface area (TPSA) is 55.9 Å². The summed E-state index contributed by atoms with van der Waals surface area (Å²) in [6, 6.07) is 14.4. The Morgan fingerprint density at radius 3 is 2.35 bits per heavy atom. The molecule has 2 fully saturated rings. The second kappa shape index (κ2) is 10.4. The summed E-state index contributed by atoms with van der Waals surface area (Å²) >= 11 is 1.47. The first kappa shape index (κ1) is 22.0. The first-order valence-corrected chi connectivity index (χ1v) is 12.1. The van der Waals surface area contributed by atoms with Crippen LogP contribution in [0.3, 0.4) is 0 Å². The van der Waals surface area contributed by atoms with Crippen LogP contribution in [0.2, 0.25) is 0 Å². The Balaban J connectivity index is 1.20. The number of carbonyl (C=O) groups excluding carboxylic acids is 2. The largest absolute Gasteiger partial charge is 0.349 e. The zero-order valence-electron chi connectivity index (χ0n) is 18.2. The normalized spacial score (nSPS) is 19.8. The molecule has 1 unspecified atom stereocenters. The molecule has 31 heavy (non-hydrogen) atoms. The molecule has 2 aromatic rings. The van der Waals surface area contributed by atoms with E-state index in [1.165, 1.54) is 16.9 Å². The first-order valence-electron chi connectivity index (χ1n) is 11.2. The van der Waals surface area contributed by atoms with Crippen molar-refractivity contribution in [2.24, 2.45) is 0 Å². The van der Waals surface area contributed by atoms with E-state index in [4.69, 9.17) is 0 Å². The number of piperidine rings is 1. The number of hydrogen-bond donors (Lipinski definition) is 1. The summed E-state index contributed by atoms with van der Waals surface area (Å²) < 4.78 is 0. The van der Waals surface area contributed by atoms with Crippen molar-refractivity contribution >= 4 is 23.2 Å². The van der Waals surface area contributed by atoms with Gasteiger partial charge in [0.2, 0.25) is 5.91 Å². The predicted molar refractivity (Wildman–Crippen MR) is 124 cm³/mol. The molecule has 3 heterocycles. The molecule has 2 aliphatic rings. The van der Waals surface area contributed by atoms with E-state index in [1.54, 1.807) is 0 Å². The molecule has 0 spiro atoms. The monoisotopic (exact) mass is 440 g/mol. The number of thiophene rings is 1. The molecule has 2 amide bonds. The number of amides is 2. The van der Waals surface area contributed by atoms with E-state index in [0.717, 1.165) is 63.5 Å². The standard InChI is InChI=1S/C24H32N4O2S/c1-19(27-11-9-21(10-12-27)25-23(29)22-8-5-17-31-22)24(30)28-15-13-26(14-16-28)18-20-6-3-2-4-7-20/h2-8,17,19,21H,9-16,18H2,1H3,(H,25,29). The lowest BCUT2D eigenvalue weighted by Gasteiger charge is -2.40. The molecule has 6 nitrogen and oxygen atoms in total. The van der Waals surface area contributed by atoms with Crippen molar-refractivity contribution in [3.8, 4) is 0 Å². The number of nitrogens with zero attached hydrogens (tertiary/aromatic N) is 3. The van der Waals surface area contributed by atoms with Crippen LogP contribution in [0.1, 0.15) is 35.0 Å². The molecule has 0 aliphatic carbocycles. The molecule has 1 atom stereocenters. The molecule has 2 saturated heterocycles. The molecule has 1 aromatic carbocycles. The van der Waals surface area contributed by atoms with Crippen LogP contribution in [0.5, 0.6) is 0 Å². The van der Waals surface area contributed by atoms with Crippen LogP contribution in [0, 0.1) is 0 Å². The SMILES string of the molecule is CC(C(=O)N1CCN(Cc2ccccc2)CC1)N1CCC(NC(=O)c2cccs2)CC1. The summed E-state index contributed by atoms with van der Waals surface area (Å²) in [6.07, 6.45) is 1.78. The van der Waals surface area contributed by atoms with E-state index >= 15 is 0 Å². The van der Waals surface area contributed by atoms with Crippen molar-refractivity contribution in [2.45, 2.75) is 38.4 Å². The Bertz CT molecular complexity index is 842. The third-order valence-corrected chi connectivity index (χ3v) is 7.32. The molecule has 0 radical (unpaired) electrons. The minimum atomic E-state index is -0.102. The van der Waals surface area contributed by atoms with Gasteiger partial charge in [0, 0.05) is 51.9 Å². The highest BCUT2D eigenvalue weighted by molar-refractivity contribution is 7.12. The lowest BCUT2D eigenvalue weighted by molar-refractivity contribution is -0.138. The van der Waals surface area contributed by atoms with Gasteiger partial charge < -0.3 is 10.2 Å². The van der Waals surface area contributed by atoms with Gasteiger partial charge in [0.15, 0.2) is 0 Å². The van der Waals surface area contributed by atoms with E-state index in [-0.39, 0.29) is 23.9 Å². The van der Waals surface area contributed by atoms with Crippen LogP contribution >= 0.6 is 11.3 Å². The minimum absolute atomic E-state index is 0.0194. The van der Waals surface area contributed by atoms with Gasteiger partial charge >= 0.3 is 0 Å². The highest BCUT2D eigenvalue weighted by atomic mass is 32.1. The van der Waals surface area contributed by atoms with Gasteiger partial charge in [-0.2, -0.15) is 0 Å². The lowest BCUT2D eigenvalue weighted by atomic mass is 10.0. The Morgan fingerprint density at radius 1 is 1.00 bits per heavy atom. The average molecular weight is 441 g/mol. The highest BCUT2D eigenvalue weighted by Gasteiger charge is 2.31. The molecule has 1 N–H and O–H groups in total. The fourth-order valence-corrected chi connectivity index (χ4v) is 5.11. The summed E-state index contributed by atoms with van der Waals surface area (Å²) in [5.74, 6) is 0.256. The molecule has 7 heteroatoms. The van der Waals surface area contributed by atoms with Gasteiger partial charge in [-0.1, -0.05) is 36.4 Å². The van der Waals surface area contributed by atoms with Crippen molar-refractivity contribution in [1.29, 1.82) is 0 Å². The Morgan fingerprint density at radius 2 is 1.71 bits per heavy atom. The summed E-state index contributed by atoms with van der Waals surface area (Å²) in [5, 5.41) is 5.06. The Hall–Kier alpha value is -2.22. The maximum absolute atomic E-state index is 13.1. The van der Waals surface area contributed by atoms with Gasteiger partial charge in [-0.25, -0.2) is 0 Å². The maximum atomic E-state index is 13.1. The third kappa shape index (κ3) is 5.73. The van der Waals surface area contributed by atoms with Crippen molar-refractivity contribution in [3.63, 3.8) is 0 Å². The Kier molecular flexibility index (Phi) is 7.37. The van der Waals surface area contributed by atoms with Crippen LogP contribution in [0.25, 0.3) is 0 Å². The quantitative estimate of drug-likeness (QED) is 0.750. The summed E-state index contributed by atoms with van der Waals surface area (Å²) in [5.41, 5.74) is 1.32. The third-order valence-electron chi connectivity index (χ3n) is 6.45. The number of piperazine rings is 1. The van der Waals surface area contributed by atoms with Crippen LogP contribution in [0.4, 0.5) is 0 Å². The van der Waals surface area contributed by atoms with Gasteiger partial charge in [-0.05, 0) is 36.8 Å². The van der Waals surface area contributed by atoms with Gasteiger partial charge in [0.05, 0.1) is 10.9 Å². The second-order valence-electron chi connectivity index (χ2n) is 8.52. The number of carbonyl (C=O) groups is 2. The number of hydrogen-bond acceptors (Lipinski definition) is 5. The van der Waals surface area contributed by atoms with Gasteiger partial charge in [0.25, 0.3) is 5.91 Å². The summed E-state index contributed by atoms with van der Waals surface area (Å²) in [6.45, 7) is 8.10. The number of rotatable bonds is 6. The molecule has 0 bridgehead atoms. The summed E-state index contributed by atoms with van der Waals surface area (Å²) in [4.78, 5) is 32.8. The second-order valence-corrected chi connectivity index (χ2v) is 9.47. The average Bonchev–Trinajstić information content (AvgIpc) is 3.35. The fraction of sp³-hybridized carbons (Fsp3) is 0.500. The van der Waals surface area contributed by atoms with E-state index in [9.17, 15) is 9.59 Å². The lowest BCUT2D eigenvalue weighted by Crippen LogP contribution is -2.56. The maximum Gasteiger partial charge on any atom is 0.261 e. The van der Waals surface area contributed by atoms with Crippen LogP contribution in [-0.4, -0.2) is 77.9 Å². The molecule has 0 saturated carbocycles. The Labute approximate surface area is 188 Å². The zero-order valence-corrected chi connectivity index (χ0v) is 19.0. The number of benzene rings is 1. The predicted octanol–water partition coefficient (Wildman–Crippen LogP) is 2.68. The van der Waals surface area contributed by atoms with Crippen molar-refractivity contribution in [1.82, 2.24) is 20.0 Å². The summed E-state index contributed by atoms with van der Waals surface area (Å²) in [7, 11) is 0. The first-order chi connectivity index (χ1) is 15.1. The van der Waals surface area contributed by atoms with E-state index < -0.39 is 0 Å². The van der Waals surface area contributed by atoms with Crippen LogP contribution in [0.15, 0.2) is 47.8 Å². The van der Waals surface area contributed by atoms with Crippen LogP contribution in [-0.2, 0) is 11.3 Å². The van der Waals surface area contributed by atoms with E-state index in [1.807, 2.05) is 35.4 Å². The number of likely N-dealkylation sites (tertiary alicyclic amines) is 1. The van der Waals surface area contributed by atoms with E-state index in [0.29, 0.717) is 0 Å². The van der Waals surface area contributed by atoms with Crippen molar-refractivity contribution in [2.75, 3.05) is 39.3 Å². The highest BCUT2D eigenvalue weighted by Crippen LogP contribution is 2.17.